The second-order valence-corrected chi connectivity index (χ2v) is 9.83. The van der Waals surface area contributed by atoms with Crippen LogP contribution in [0.5, 0.6) is 11.5 Å². The number of sulfonamides is 1. The first-order valence-corrected chi connectivity index (χ1v) is 11.8. The number of nitrogens with zero attached hydrogens (tertiary/aromatic N) is 2. The summed E-state index contributed by atoms with van der Waals surface area (Å²) in [5.74, 6) is 1.37. The first-order valence-electron chi connectivity index (χ1n) is 10.4. The number of piperidine rings is 1. The number of methoxy groups -OCH3 is 1. The van der Waals surface area contributed by atoms with Crippen molar-refractivity contribution in [3.05, 3.63) is 47.5 Å². The third-order valence-corrected chi connectivity index (χ3v) is 8.07. The molecule has 3 aliphatic heterocycles. The number of fused-ring (bicyclic) bond motifs is 2. The smallest absolute Gasteiger partial charge is 0.415 e. The summed E-state index contributed by atoms with van der Waals surface area (Å²) >= 11 is 0. The van der Waals surface area contributed by atoms with Crippen molar-refractivity contribution in [2.45, 2.75) is 36.8 Å². The van der Waals surface area contributed by atoms with Gasteiger partial charge in [-0.2, -0.15) is 4.31 Å². The Bertz CT molecular complexity index is 1110. The van der Waals surface area contributed by atoms with Gasteiger partial charge in [0.05, 0.1) is 24.3 Å². The molecule has 1 saturated heterocycles. The van der Waals surface area contributed by atoms with Gasteiger partial charge in [0.15, 0.2) is 0 Å². The van der Waals surface area contributed by atoms with Crippen LogP contribution in [-0.2, 0) is 27.8 Å². The summed E-state index contributed by atoms with van der Waals surface area (Å²) in [5.41, 5.74) is 2.53. The highest BCUT2D eigenvalue weighted by molar-refractivity contribution is 7.89. The number of anilines is 1. The van der Waals surface area contributed by atoms with Crippen LogP contribution in [0.3, 0.4) is 0 Å². The van der Waals surface area contributed by atoms with Gasteiger partial charge in [-0.15, -0.1) is 0 Å². The third-order valence-electron chi connectivity index (χ3n) is 6.18. The van der Waals surface area contributed by atoms with E-state index in [1.54, 1.807) is 30.2 Å². The minimum absolute atomic E-state index is 0.164. The molecule has 164 valence electrons. The van der Waals surface area contributed by atoms with E-state index in [1.165, 1.54) is 4.31 Å². The number of ether oxygens (including phenoxy) is 3. The first-order chi connectivity index (χ1) is 15.0. The van der Waals surface area contributed by atoms with E-state index in [2.05, 4.69) is 0 Å². The molecular formula is C22H24N2O6S. The number of hydrogen-bond donors (Lipinski definition) is 0. The number of rotatable bonds is 4. The lowest BCUT2D eigenvalue weighted by Crippen LogP contribution is -2.50. The van der Waals surface area contributed by atoms with Crippen LogP contribution in [-0.4, -0.2) is 51.7 Å². The normalized spacial score (nSPS) is 19.4. The maximum atomic E-state index is 13.2. The summed E-state index contributed by atoms with van der Waals surface area (Å²) in [5, 5.41) is 0. The topological polar surface area (TPSA) is 85.4 Å². The Morgan fingerprint density at radius 2 is 1.87 bits per heavy atom. The second kappa shape index (κ2) is 7.72. The molecule has 0 bridgehead atoms. The molecule has 1 fully saturated rings. The molecule has 0 aromatic heterocycles. The minimum Gasteiger partial charge on any atom is -0.495 e. The lowest BCUT2D eigenvalue weighted by atomic mass is 10.0. The highest BCUT2D eigenvalue weighted by Crippen LogP contribution is 2.39. The maximum Gasteiger partial charge on any atom is 0.415 e. The average molecular weight is 445 g/mol. The first kappa shape index (κ1) is 20.1. The zero-order valence-electron chi connectivity index (χ0n) is 17.2. The van der Waals surface area contributed by atoms with Crippen LogP contribution in [0.15, 0.2) is 41.3 Å². The summed E-state index contributed by atoms with van der Waals surface area (Å²) < 4.78 is 44.2. The Hall–Kier alpha value is -2.78. The molecule has 0 spiro atoms. The molecule has 0 atom stereocenters. The number of carbonyl (C=O) groups excluding carboxylic acids is 1. The number of para-hydroxylation sites is 1. The van der Waals surface area contributed by atoms with Crippen molar-refractivity contribution in [1.29, 1.82) is 0 Å². The lowest BCUT2D eigenvalue weighted by Gasteiger charge is -2.40. The van der Waals surface area contributed by atoms with Crippen LogP contribution in [0.25, 0.3) is 0 Å². The van der Waals surface area contributed by atoms with Crippen LogP contribution in [0, 0.1) is 0 Å². The van der Waals surface area contributed by atoms with E-state index in [0.717, 1.165) is 29.0 Å². The Balaban J connectivity index is 1.36. The Morgan fingerprint density at radius 3 is 2.65 bits per heavy atom. The lowest BCUT2D eigenvalue weighted by molar-refractivity contribution is 0.135. The molecule has 0 N–H and O–H groups in total. The highest BCUT2D eigenvalue weighted by atomic mass is 32.2. The molecule has 2 aromatic carbocycles. The molecule has 8 nitrogen and oxygen atoms in total. The van der Waals surface area contributed by atoms with Gasteiger partial charge >= 0.3 is 6.09 Å². The average Bonchev–Trinajstić information content (AvgIpc) is 3.27. The monoisotopic (exact) mass is 444 g/mol. The van der Waals surface area contributed by atoms with Crippen LogP contribution < -0.4 is 14.4 Å². The van der Waals surface area contributed by atoms with Gasteiger partial charge in [-0.3, -0.25) is 4.90 Å². The van der Waals surface area contributed by atoms with Crippen molar-refractivity contribution >= 4 is 21.8 Å². The Morgan fingerprint density at radius 1 is 1.06 bits per heavy atom. The van der Waals surface area contributed by atoms with Crippen molar-refractivity contribution in [3.8, 4) is 11.5 Å². The molecule has 0 radical (unpaired) electrons. The molecule has 31 heavy (non-hydrogen) atoms. The van der Waals surface area contributed by atoms with Gasteiger partial charge in [-0.1, -0.05) is 12.1 Å². The fourth-order valence-electron chi connectivity index (χ4n) is 4.57. The van der Waals surface area contributed by atoms with E-state index in [4.69, 9.17) is 14.2 Å². The summed E-state index contributed by atoms with van der Waals surface area (Å²) in [6, 6.07) is 10.5. The number of cyclic esters (lactones) is 1. The number of carbonyl (C=O) groups is 1. The van der Waals surface area contributed by atoms with E-state index < -0.39 is 16.1 Å². The van der Waals surface area contributed by atoms with Crippen LogP contribution in [0.2, 0.25) is 0 Å². The number of hydrogen-bond acceptors (Lipinski definition) is 6. The zero-order chi connectivity index (χ0) is 21.6. The van der Waals surface area contributed by atoms with Gasteiger partial charge in [0.1, 0.15) is 18.1 Å². The summed E-state index contributed by atoms with van der Waals surface area (Å²) in [4.78, 5) is 14.6. The molecule has 9 heteroatoms. The van der Waals surface area contributed by atoms with E-state index in [1.807, 2.05) is 18.2 Å². The molecule has 5 rings (SSSR count). The molecule has 0 saturated carbocycles. The Kier molecular flexibility index (Phi) is 5.02. The predicted molar refractivity (Wildman–Crippen MR) is 113 cm³/mol. The standard InChI is InChI=1S/C22H24N2O6S/c1-28-20-4-2-3-16-14-30-22(25)24(21(16)20)17-7-10-23(11-8-17)31(26,27)18-5-6-19-15(13-18)9-12-29-19/h2-6,13,17H,7-12,14H2,1H3. The largest absolute Gasteiger partial charge is 0.495 e. The predicted octanol–water partition coefficient (Wildman–Crippen LogP) is 2.94. The highest BCUT2D eigenvalue weighted by Gasteiger charge is 2.38. The van der Waals surface area contributed by atoms with Crippen molar-refractivity contribution in [2.75, 3.05) is 31.7 Å². The van der Waals surface area contributed by atoms with Gasteiger partial charge in [0.25, 0.3) is 0 Å². The third kappa shape index (κ3) is 3.41. The molecule has 3 heterocycles. The summed E-state index contributed by atoms with van der Waals surface area (Å²) in [6.07, 6.45) is 1.33. The van der Waals surface area contributed by atoms with E-state index >= 15 is 0 Å². The van der Waals surface area contributed by atoms with Crippen LogP contribution >= 0.6 is 0 Å². The number of amides is 1. The summed E-state index contributed by atoms with van der Waals surface area (Å²) in [7, 11) is -2.03. The molecule has 3 aliphatic rings. The van der Waals surface area contributed by atoms with Crippen molar-refractivity contribution in [3.63, 3.8) is 0 Å². The number of benzene rings is 2. The second-order valence-electron chi connectivity index (χ2n) is 7.90. The van der Waals surface area contributed by atoms with Gasteiger partial charge in [-0.05, 0) is 42.7 Å². The minimum atomic E-state index is -3.61. The van der Waals surface area contributed by atoms with Gasteiger partial charge in [0.2, 0.25) is 10.0 Å². The fourth-order valence-corrected chi connectivity index (χ4v) is 6.09. The Labute approximate surface area is 181 Å². The van der Waals surface area contributed by atoms with Gasteiger partial charge in [-0.25, -0.2) is 13.2 Å². The van der Waals surface area contributed by atoms with E-state index in [-0.39, 0.29) is 12.6 Å². The van der Waals surface area contributed by atoms with Crippen molar-refractivity contribution < 1.29 is 27.4 Å². The van der Waals surface area contributed by atoms with Gasteiger partial charge in [0, 0.05) is 31.1 Å². The van der Waals surface area contributed by atoms with Gasteiger partial charge < -0.3 is 14.2 Å². The SMILES string of the molecule is COc1cccc2c1N(C1CCN(S(=O)(=O)c3ccc4c(c3)CCO4)CC1)C(=O)OC2. The van der Waals surface area contributed by atoms with E-state index in [9.17, 15) is 13.2 Å². The fraction of sp³-hybridized carbons (Fsp3) is 0.409. The van der Waals surface area contributed by atoms with E-state index in [0.29, 0.717) is 43.2 Å². The summed E-state index contributed by atoms with van der Waals surface area (Å²) in [6.45, 7) is 1.45. The van der Waals surface area contributed by atoms with Crippen molar-refractivity contribution in [2.24, 2.45) is 0 Å². The van der Waals surface area contributed by atoms with Crippen LogP contribution in [0.1, 0.15) is 24.0 Å². The quantitative estimate of drug-likeness (QED) is 0.721. The molecule has 1 amide bonds. The molecule has 0 unspecified atom stereocenters. The van der Waals surface area contributed by atoms with Crippen LogP contribution in [0.4, 0.5) is 10.5 Å². The molecule has 2 aromatic rings. The maximum absolute atomic E-state index is 13.2. The zero-order valence-corrected chi connectivity index (χ0v) is 18.1. The van der Waals surface area contributed by atoms with Crippen molar-refractivity contribution in [1.82, 2.24) is 4.31 Å². The molecule has 0 aliphatic carbocycles. The molecular weight excluding hydrogens is 420 g/mol.